The lowest BCUT2D eigenvalue weighted by molar-refractivity contribution is -0.193. The summed E-state index contributed by atoms with van der Waals surface area (Å²) >= 11 is 1.77. The molecule has 0 aromatic carbocycles. The summed E-state index contributed by atoms with van der Waals surface area (Å²) in [4.78, 5) is 24.3. The Morgan fingerprint density at radius 1 is 1.08 bits per heavy atom. The van der Waals surface area contributed by atoms with Crippen molar-refractivity contribution in [2.24, 2.45) is 0 Å². The second kappa shape index (κ2) is 13.2. The summed E-state index contributed by atoms with van der Waals surface area (Å²) in [7, 11) is 0. The Morgan fingerprint density at radius 3 is 2.19 bits per heavy atom. The summed E-state index contributed by atoms with van der Waals surface area (Å²) in [5, 5.41) is 18.6. The number of halogens is 6. The van der Waals surface area contributed by atoms with Crippen molar-refractivity contribution >= 4 is 23.3 Å². The van der Waals surface area contributed by atoms with E-state index in [0.717, 1.165) is 39.1 Å². The zero-order valence-corrected chi connectivity index (χ0v) is 20.0. The van der Waals surface area contributed by atoms with Gasteiger partial charge < -0.3 is 19.7 Å². The van der Waals surface area contributed by atoms with Crippen LogP contribution < -0.4 is 0 Å². The van der Waals surface area contributed by atoms with Gasteiger partial charge in [-0.25, -0.2) is 9.59 Å². The Morgan fingerprint density at radius 2 is 1.68 bits per heavy atom. The van der Waals surface area contributed by atoms with Crippen molar-refractivity contribution in [1.29, 1.82) is 0 Å². The standard InChI is InChI=1S/C18H22N2O2S.2C2HF3O2/c1-5-19-6-2-15(1)11-21-17-9-18(22-12-17)4-7-20(14-18)10-16-3-8-23-13-16;2*3-2(4,5)1(6)7/h1-3,5-6,8,13,17H,4,7,9-12,14H2;2*(H,6,7)/t17-,18-;;/m0../s1. The molecule has 0 aliphatic carbocycles. The molecule has 0 radical (unpaired) electrons. The molecule has 2 saturated heterocycles. The molecule has 0 bridgehead atoms. The molecular formula is C22H24F6N2O6S. The third kappa shape index (κ3) is 10.6. The molecule has 2 aliphatic rings. The minimum atomic E-state index is -5.08. The second-order valence-electron chi connectivity index (χ2n) is 8.18. The van der Waals surface area contributed by atoms with Crippen LogP contribution in [-0.4, -0.2) is 75.8 Å². The van der Waals surface area contributed by atoms with Gasteiger partial charge >= 0.3 is 24.3 Å². The predicted octanol–water partition coefficient (Wildman–Crippen LogP) is 4.36. The molecule has 0 amide bonds. The summed E-state index contributed by atoms with van der Waals surface area (Å²) in [6.07, 6.45) is -4.20. The molecule has 206 valence electrons. The van der Waals surface area contributed by atoms with Crippen LogP contribution in [0.5, 0.6) is 0 Å². The molecule has 8 nitrogen and oxygen atoms in total. The highest BCUT2D eigenvalue weighted by molar-refractivity contribution is 7.07. The predicted molar refractivity (Wildman–Crippen MR) is 118 cm³/mol. The van der Waals surface area contributed by atoms with E-state index in [9.17, 15) is 26.3 Å². The Bertz CT molecular complexity index is 966. The van der Waals surface area contributed by atoms with Crippen molar-refractivity contribution in [3.63, 3.8) is 0 Å². The number of rotatable bonds is 5. The van der Waals surface area contributed by atoms with Crippen LogP contribution >= 0.6 is 11.3 Å². The van der Waals surface area contributed by atoms with E-state index in [2.05, 4.69) is 26.7 Å². The lowest BCUT2D eigenvalue weighted by Crippen LogP contribution is -2.32. The number of carboxylic acid groups (broad SMARTS) is 2. The van der Waals surface area contributed by atoms with Crippen LogP contribution in [0.3, 0.4) is 0 Å². The Hall–Kier alpha value is -2.75. The van der Waals surface area contributed by atoms with E-state index in [1.165, 1.54) is 11.1 Å². The number of carboxylic acids is 2. The third-order valence-electron chi connectivity index (χ3n) is 5.28. The molecule has 2 aromatic rings. The third-order valence-corrected chi connectivity index (χ3v) is 6.01. The maximum absolute atomic E-state index is 10.6. The van der Waals surface area contributed by atoms with E-state index in [-0.39, 0.29) is 11.7 Å². The SMILES string of the molecule is O=C(O)C(F)(F)F.O=C(O)C(F)(F)F.c1cc(CO[C@@H]2CO[C@@]3(CCN(Cc4ccsc4)C3)C2)ccn1. The van der Waals surface area contributed by atoms with Gasteiger partial charge in [-0.2, -0.15) is 37.7 Å². The van der Waals surface area contributed by atoms with Crippen molar-refractivity contribution in [2.75, 3.05) is 19.7 Å². The first kappa shape index (κ1) is 30.5. The quantitative estimate of drug-likeness (QED) is 0.522. The van der Waals surface area contributed by atoms with Gasteiger partial charge in [-0.3, -0.25) is 9.88 Å². The topological polar surface area (TPSA) is 109 Å². The molecule has 37 heavy (non-hydrogen) atoms. The van der Waals surface area contributed by atoms with Crippen LogP contribution in [0, 0.1) is 0 Å². The summed E-state index contributed by atoms with van der Waals surface area (Å²) in [5.74, 6) is -5.51. The van der Waals surface area contributed by atoms with E-state index in [0.29, 0.717) is 6.61 Å². The minimum Gasteiger partial charge on any atom is -0.475 e. The summed E-state index contributed by atoms with van der Waals surface area (Å²) in [6.45, 7) is 4.55. The van der Waals surface area contributed by atoms with E-state index < -0.39 is 24.3 Å². The molecule has 15 heteroatoms. The average Bonchev–Trinajstić information content (AvgIpc) is 3.56. The fraction of sp³-hybridized carbons (Fsp3) is 0.500. The van der Waals surface area contributed by atoms with E-state index in [4.69, 9.17) is 29.3 Å². The van der Waals surface area contributed by atoms with Gasteiger partial charge in [0.1, 0.15) is 0 Å². The lowest BCUT2D eigenvalue weighted by atomic mass is 9.98. The molecule has 2 N–H and O–H groups in total. The first-order valence-electron chi connectivity index (χ1n) is 10.7. The zero-order valence-electron chi connectivity index (χ0n) is 19.2. The first-order valence-corrected chi connectivity index (χ1v) is 11.6. The Labute approximate surface area is 211 Å². The van der Waals surface area contributed by atoms with Crippen molar-refractivity contribution in [1.82, 2.24) is 9.88 Å². The first-order chi connectivity index (χ1) is 17.2. The maximum atomic E-state index is 10.6. The number of pyridine rings is 1. The number of nitrogens with zero attached hydrogens (tertiary/aromatic N) is 2. The van der Waals surface area contributed by atoms with Crippen molar-refractivity contribution in [3.05, 3.63) is 52.5 Å². The number of alkyl halides is 6. The van der Waals surface area contributed by atoms with Crippen molar-refractivity contribution < 1.29 is 55.6 Å². The molecule has 0 unspecified atom stereocenters. The number of aromatic nitrogens is 1. The Kier molecular flexibility index (Phi) is 10.8. The van der Waals surface area contributed by atoms with Crippen molar-refractivity contribution in [3.8, 4) is 0 Å². The average molecular weight is 558 g/mol. The van der Waals surface area contributed by atoms with Crippen LogP contribution in [0.25, 0.3) is 0 Å². The molecular weight excluding hydrogens is 534 g/mol. The maximum Gasteiger partial charge on any atom is 0.490 e. The van der Waals surface area contributed by atoms with Gasteiger partial charge in [0, 0.05) is 38.4 Å². The largest absolute Gasteiger partial charge is 0.490 e. The summed E-state index contributed by atoms with van der Waals surface area (Å²) < 4.78 is 75.7. The van der Waals surface area contributed by atoms with Gasteiger partial charge in [0.15, 0.2) is 0 Å². The number of hydrogen-bond donors (Lipinski definition) is 2. The van der Waals surface area contributed by atoms with E-state index in [1.54, 1.807) is 11.3 Å². The molecule has 0 saturated carbocycles. The summed E-state index contributed by atoms with van der Waals surface area (Å²) in [6, 6.07) is 6.22. The zero-order chi connectivity index (χ0) is 27.7. The van der Waals surface area contributed by atoms with Crippen LogP contribution in [0.2, 0.25) is 0 Å². The molecule has 2 fully saturated rings. The van der Waals surface area contributed by atoms with Gasteiger partial charge in [-0.1, -0.05) is 0 Å². The lowest BCUT2D eigenvalue weighted by Gasteiger charge is -2.23. The van der Waals surface area contributed by atoms with E-state index in [1.807, 2.05) is 24.5 Å². The van der Waals surface area contributed by atoms with Gasteiger partial charge in [0.05, 0.1) is 24.9 Å². The van der Waals surface area contributed by atoms with Crippen LogP contribution in [-0.2, 0) is 32.2 Å². The molecule has 4 rings (SSSR count). The van der Waals surface area contributed by atoms with Crippen molar-refractivity contribution in [2.45, 2.75) is 50.1 Å². The fourth-order valence-electron chi connectivity index (χ4n) is 3.59. The molecule has 2 aliphatic heterocycles. The second-order valence-corrected chi connectivity index (χ2v) is 8.96. The van der Waals surface area contributed by atoms with Crippen LogP contribution in [0.1, 0.15) is 24.0 Å². The number of hydrogen-bond acceptors (Lipinski definition) is 7. The van der Waals surface area contributed by atoms with Gasteiger partial charge in [0.25, 0.3) is 0 Å². The van der Waals surface area contributed by atoms with Gasteiger partial charge in [-0.05, 0) is 46.5 Å². The van der Waals surface area contributed by atoms with Crippen LogP contribution in [0.15, 0.2) is 41.4 Å². The highest BCUT2D eigenvalue weighted by Gasteiger charge is 2.45. The monoisotopic (exact) mass is 558 g/mol. The fourth-order valence-corrected chi connectivity index (χ4v) is 4.25. The highest BCUT2D eigenvalue weighted by atomic mass is 32.1. The Balaban J connectivity index is 0.000000286. The van der Waals surface area contributed by atoms with Crippen LogP contribution in [0.4, 0.5) is 26.3 Å². The number of thiophene rings is 1. The van der Waals surface area contributed by atoms with Gasteiger partial charge in [-0.15, -0.1) is 0 Å². The molecule has 4 heterocycles. The number of ether oxygens (including phenoxy) is 2. The number of carbonyl (C=O) groups is 2. The molecule has 2 atom stereocenters. The highest BCUT2D eigenvalue weighted by Crippen LogP contribution is 2.37. The molecule has 1 spiro atoms. The van der Waals surface area contributed by atoms with E-state index >= 15 is 0 Å². The van der Waals surface area contributed by atoms with Gasteiger partial charge in [0.2, 0.25) is 0 Å². The number of likely N-dealkylation sites (tertiary alicyclic amines) is 1. The number of aliphatic carboxylic acids is 2. The molecule has 2 aromatic heterocycles. The summed E-state index contributed by atoms with van der Waals surface area (Å²) in [5.41, 5.74) is 2.60. The smallest absolute Gasteiger partial charge is 0.475 e. The minimum absolute atomic E-state index is 0.0128. The normalized spacial score (nSPS) is 21.6.